The zero-order chi connectivity index (χ0) is 15.0. The molecule has 0 aromatic heterocycles. The molecule has 1 aromatic rings. The topological polar surface area (TPSA) is 56.8 Å². The summed E-state index contributed by atoms with van der Waals surface area (Å²) < 4.78 is 17.3. The molecule has 1 amide bonds. The van der Waals surface area contributed by atoms with Gasteiger partial charge in [0.1, 0.15) is 0 Å². The SMILES string of the molecule is COC1CC(C=C2C(=O)Nc3ccc(I)cc32)C(OC)O1. The summed E-state index contributed by atoms with van der Waals surface area (Å²) in [6.45, 7) is 0. The first-order valence-corrected chi connectivity index (χ1v) is 7.74. The fourth-order valence-electron chi connectivity index (χ4n) is 2.71. The molecule has 2 aliphatic heterocycles. The van der Waals surface area contributed by atoms with Crippen LogP contribution in [0.15, 0.2) is 24.3 Å². The van der Waals surface area contributed by atoms with Crippen LogP contribution in [0, 0.1) is 9.49 Å². The molecular formula is C15H16INO4. The number of nitrogens with one attached hydrogen (secondary N) is 1. The van der Waals surface area contributed by atoms with Crippen LogP contribution in [0.3, 0.4) is 0 Å². The van der Waals surface area contributed by atoms with Crippen molar-refractivity contribution in [3.63, 3.8) is 0 Å². The van der Waals surface area contributed by atoms with Gasteiger partial charge in [0, 0.05) is 47.0 Å². The number of rotatable bonds is 3. The summed E-state index contributed by atoms with van der Waals surface area (Å²) >= 11 is 2.24. The molecule has 112 valence electrons. The molecule has 2 heterocycles. The average Bonchev–Trinajstić information content (AvgIpc) is 3.01. The summed E-state index contributed by atoms with van der Waals surface area (Å²) in [5.74, 6) is -0.0905. The van der Waals surface area contributed by atoms with E-state index >= 15 is 0 Å². The minimum absolute atomic E-state index is 0.00971. The third kappa shape index (κ3) is 2.85. The molecule has 0 bridgehead atoms. The Kier molecular flexibility index (Phi) is 4.30. The number of hydrogen-bond acceptors (Lipinski definition) is 4. The van der Waals surface area contributed by atoms with Crippen LogP contribution in [0.4, 0.5) is 5.69 Å². The third-order valence-electron chi connectivity index (χ3n) is 3.74. The van der Waals surface area contributed by atoms with E-state index in [1.807, 2.05) is 24.3 Å². The van der Waals surface area contributed by atoms with Gasteiger partial charge in [0.25, 0.3) is 5.91 Å². The van der Waals surface area contributed by atoms with Crippen LogP contribution in [0.5, 0.6) is 0 Å². The summed E-state index contributed by atoms with van der Waals surface area (Å²) in [5.41, 5.74) is 2.46. The van der Waals surface area contributed by atoms with Gasteiger partial charge in [-0.3, -0.25) is 4.79 Å². The Labute approximate surface area is 136 Å². The molecule has 0 radical (unpaired) electrons. The van der Waals surface area contributed by atoms with Crippen LogP contribution in [0.25, 0.3) is 5.57 Å². The van der Waals surface area contributed by atoms with Gasteiger partial charge >= 0.3 is 0 Å². The minimum Gasteiger partial charge on any atom is -0.356 e. The predicted molar refractivity (Wildman–Crippen MR) is 86.6 cm³/mol. The standard InChI is InChI=1S/C15H16INO4/c1-19-13-6-8(15(20-2)21-13)5-11-10-7-9(16)3-4-12(10)17-14(11)18/h3-5,7-8,13,15H,6H2,1-2H3,(H,17,18). The Bertz CT molecular complexity index is 601. The van der Waals surface area contributed by atoms with Crippen molar-refractivity contribution in [2.75, 3.05) is 19.5 Å². The second-order valence-corrected chi connectivity index (χ2v) is 6.27. The number of fused-ring (bicyclic) bond motifs is 1. The fourth-order valence-corrected chi connectivity index (χ4v) is 3.20. The van der Waals surface area contributed by atoms with Crippen LogP contribution in [-0.4, -0.2) is 32.7 Å². The van der Waals surface area contributed by atoms with Gasteiger partial charge in [-0.15, -0.1) is 0 Å². The van der Waals surface area contributed by atoms with E-state index in [0.29, 0.717) is 12.0 Å². The number of anilines is 1. The van der Waals surface area contributed by atoms with Gasteiger partial charge in [-0.2, -0.15) is 0 Å². The zero-order valence-corrected chi connectivity index (χ0v) is 13.9. The lowest BCUT2D eigenvalue weighted by molar-refractivity contribution is -0.190. The average molecular weight is 401 g/mol. The maximum Gasteiger partial charge on any atom is 0.256 e. The summed E-state index contributed by atoms with van der Waals surface area (Å²) in [5, 5.41) is 2.88. The van der Waals surface area contributed by atoms with Crippen LogP contribution in [0.1, 0.15) is 12.0 Å². The van der Waals surface area contributed by atoms with Gasteiger partial charge in [-0.1, -0.05) is 6.08 Å². The van der Waals surface area contributed by atoms with Crippen molar-refractivity contribution in [1.82, 2.24) is 0 Å². The van der Waals surface area contributed by atoms with Crippen molar-refractivity contribution in [3.8, 4) is 0 Å². The number of hydrogen-bond donors (Lipinski definition) is 1. The molecule has 1 N–H and O–H groups in total. The van der Waals surface area contributed by atoms with Crippen molar-refractivity contribution in [2.24, 2.45) is 5.92 Å². The monoisotopic (exact) mass is 401 g/mol. The molecule has 0 aliphatic carbocycles. The van der Waals surface area contributed by atoms with Gasteiger partial charge in [0.2, 0.25) is 0 Å². The first-order chi connectivity index (χ1) is 10.1. The number of benzene rings is 1. The van der Waals surface area contributed by atoms with Crippen molar-refractivity contribution in [1.29, 1.82) is 0 Å². The number of methoxy groups -OCH3 is 2. The number of carbonyl (C=O) groups excluding carboxylic acids is 1. The molecule has 6 heteroatoms. The number of ether oxygens (including phenoxy) is 3. The lowest BCUT2D eigenvalue weighted by atomic mass is 9.99. The highest BCUT2D eigenvalue weighted by Gasteiger charge is 2.36. The van der Waals surface area contributed by atoms with E-state index in [1.54, 1.807) is 14.2 Å². The highest BCUT2D eigenvalue weighted by atomic mass is 127. The minimum atomic E-state index is -0.387. The molecule has 3 atom stereocenters. The molecule has 3 rings (SSSR count). The van der Waals surface area contributed by atoms with E-state index in [1.165, 1.54) is 0 Å². The third-order valence-corrected chi connectivity index (χ3v) is 4.41. The Balaban J connectivity index is 1.93. The predicted octanol–water partition coefficient (Wildman–Crippen LogP) is 2.61. The Morgan fingerprint density at radius 1 is 1.38 bits per heavy atom. The lowest BCUT2D eigenvalue weighted by Crippen LogP contribution is -2.18. The number of halogens is 1. The van der Waals surface area contributed by atoms with Crippen molar-refractivity contribution in [2.45, 2.75) is 19.0 Å². The van der Waals surface area contributed by atoms with Crippen LogP contribution < -0.4 is 5.32 Å². The second kappa shape index (κ2) is 6.04. The second-order valence-electron chi connectivity index (χ2n) is 5.03. The molecule has 2 aliphatic rings. The molecule has 0 saturated carbocycles. The summed E-state index contributed by atoms with van der Waals surface area (Å²) in [7, 11) is 3.20. The highest BCUT2D eigenvalue weighted by Crippen LogP contribution is 2.37. The highest BCUT2D eigenvalue weighted by molar-refractivity contribution is 14.1. The smallest absolute Gasteiger partial charge is 0.256 e. The van der Waals surface area contributed by atoms with E-state index in [0.717, 1.165) is 14.8 Å². The first-order valence-electron chi connectivity index (χ1n) is 6.66. The van der Waals surface area contributed by atoms with Crippen LogP contribution >= 0.6 is 22.6 Å². The fraction of sp³-hybridized carbons (Fsp3) is 0.400. The van der Waals surface area contributed by atoms with Crippen molar-refractivity contribution < 1.29 is 19.0 Å². The Morgan fingerprint density at radius 3 is 2.90 bits per heavy atom. The maximum absolute atomic E-state index is 12.2. The normalized spacial score (nSPS) is 29.8. The van der Waals surface area contributed by atoms with E-state index in [-0.39, 0.29) is 24.4 Å². The molecule has 21 heavy (non-hydrogen) atoms. The molecule has 1 fully saturated rings. The summed E-state index contributed by atoms with van der Waals surface area (Å²) in [4.78, 5) is 12.2. The number of amides is 1. The largest absolute Gasteiger partial charge is 0.356 e. The van der Waals surface area contributed by atoms with Gasteiger partial charge in [0.15, 0.2) is 12.6 Å². The molecule has 5 nitrogen and oxygen atoms in total. The van der Waals surface area contributed by atoms with Crippen LogP contribution in [0.2, 0.25) is 0 Å². The molecule has 1 aromatic carbocycles. The van der Waals surface area contributed by atoms with Gasteiger partial charge in [-0.05, 0) is 40.8 Å². The molecular weight excluding hydrogens is 385 g/mol. The first kappa shape index (κ1) is 15.0. The van der Waals surface area contributed by atoms with E-state index in [4.69, 9.17) is 14.2 Å². The van der Waals surface area contributed by atoms with E-state index in [2.05, 4.69) is 27.9 Å². The quantitative estimate of drug-likeness (QED) is 0.625. The maximum atomic E-state index is 12.2. The number of carbonyl (C=O) groups is 1. The van der Waals surface area contributed by atoms with E-state index < -0.39 is 0 Å². The van der Waals surface area contributed by atoms with Crippen molar-refractivity contribution in [3.05, 3.63) is 33.4 Å². The Morgan fingerprint density at radius 2 is 2.19 bits per heavy atom. The summed E-state index contributed by atoms with van der Waals surface area (Å²) in [6.07, 6.45) is 1.92. The lowest BCUT2D eigenvalue weighted by Gasteiger charge is -2.13. The van der Waals surface area contributed by atoms with Crippen molar-refractivity contribution >= 4 is 39.8 Å². The van der Waals surface area contributed by atoms with E-state index in [9.17, 15) is 4.79 Å². The molecule has 1 saturated heterocycles. The summed E-state index contributed by atoms with van der Waals surface area (Å²) in [6, 6.07) is 5.90. The molecule has 0 spiro atoms. The van der Waals surface area contributed by atoms with Gasteiger partial charge in [-0.25, -0.2) is 0 Å². The zero-order valence-electron chi connectivity index (χ0n) is 11.8. The Hall–Kier alpha value is -0.960. The van der Waals surface area contributed by atoms with Gasteiger partial charge in [0.05, 0.1) is 0 Å². The van der Waals surface area contributed by atoms with Crippen LogP contribution in [-0.2, 0) is 19.0 Å². The molecule has 3 unspecified atom stereocenters. The van der Waals surface area contributed by atoms with Gasteiger partial charge < -0.3 is 19.5 Å².